The fourth-order valence-corrected chi connectivity index (χ4v) is 3.68. The highest BCUT2D eigenvalue weighted by atomic mass is 32.2. The van der Waals surface area contributed by atoms with Crippen molar-refractivity contribution in [1.29, 1.82) is 0 Å². The number of nitrogens with zero attached hydrogens (tertiary/aromatic N) is 3. The van der Waals surface area contributed by atoms with Crippen LogP contribution in [0.2, 0.25) is 0 Å². The van der Waals surface area contributed by atoms with Crippen molar-refractivity contribution in [3.63, 3.8) is 0 Å². The number of anilines is 2. The smallest absolute Gasteiger partial charge is 0.156 e. The Balaban J connectivity index is 1.98. The van der Waals surface area contributed by atoms with Crippen LogP contribution >= 0.6 is 0 Å². The van der Waals surface area contributed by atoms with Gasteiger partial charge in [0.1, 0.15) is 11.6 Å². The topological polar surface area (TPSA) is 100 Å². The third kappa shape index (κ3) is 4.30. The molecule has 8 nitrogen and oxygen atoms in total. The van der Waals surface area contributed by atoms with Crippen LogP contribution in [0.5, 0.6) is 0 Å². The zero-order valence-corrected chi connectivity index (χ0v) is 17.9. The van der Waals surface area contributed by atoms with Gasteiger partial charge in [-0.25, -0.2) is 13.4 Å². The second-order valence-electron chi connectivity index (χ2n) is 7.89. The molecule has 2 aromatic heterocycles. The van der Waals surface area contributed by atoms with Crippen LogP contribution in [0.25, 0.3) is 0 Å². The predicted molar refractivity (Wildman–Crippen MR) is 110 cm³/mol. The van der Waals surface area contributed by atoms with Crippen LogP contribution in [-0.4, -0.2) is 55.7 Å². The van der Waals surface area contributed by atoms with Crippen molar-refractivity contribution < 1.29 is 13.2 Å². The first-order valence-electron chi connectivity index (χ1n) is 9.39. The van der Waals surface area contributed by atoms with E-state index in [1.165, 1.54) is 6.26 Å². The Morgan fingerprint density at radius 3 is 2.71 bits per heavy atom. The van der Waals surface area contributed by atoms with Gasteiger partial charge in [0.15, 0.2) is 9.84 Å². The first-order chi connectivity index (χ1) is 13.1. The first kappa shape index (κ1) is 20.6. The van der Waals surface area contributed by atoms with Crippen LogP contribution in [0.15, 0.2) is 18.2 Å². The van der Waals surface area contributed by atoms with E-state index in [0.717, 1.165) is 23.8 Å². The number of hydrogen-bond donors (Lipinski definition) is 2. The summed E-state index contributed by atoms with van der Waals surface area (Å²) >= 11 is 0. The van der Waals surface area contributed by atoms with Crippen LogP contribution in [0.1, 0.15) is 37.7 Å². The van der Waals surface area contributed by atoms with E-state index >= 15 is 0 Å². The Labute approximate surface area is 166 Å². The third-order valence-corrected chi connectivity index (χ3v) is 7.40. The Morgan fingerprint density at radius 1 is 1.36 bits per heavy atom. The molecule has 1 atom stereocenters. The summed E-state index contributed by atoms with van der Waals surface area (Å²) in [6, 6.07) is 5.83. The molecule has 2 N–H and O–H groups in total. The predicted octanol–water partition coefficient (Wildman–Crippen LogP) is 2.23. The van der Waals surface area contributed by atoms with Crippen molar-refractivity contribution >= 4 is 21.5 Å². The van der Waals surface area contributed by atoms with Crippen molar-refractivity contribution in [3.05, 3.63) is 35.2 Å². The van der Waals surface area contributed by atoms with Crippen LogP contribution in [0, 0.1) is 6.92 Å². The molecule has 0 spiro atoms. The zero-order valence-electron chi connectivity index (χ0n) is 17.1. The molecule has 3 rings (SSSR count). The van der Waals surface area contributed by atoms with Crippen LogP contribution in [-0.2, 0) is 25.9 Å². The molecule has 0 aliphatic carbocycles. The fraction of sp³-hybridized carbons (Fsp3) is 0.579. The molecule has 0 aromatic carbocycles. The number of rotatable bonds is 6. The van der Waals surface area contributed by atoms with E-state index in [1.807, 2.05) is 25.1 Å². The summed E-state index contributed by atoms with van der Waals surface area (Å²) in [5.41, 5.74) is 2.56. The van der Waals surface area contributed by atoms with Crippen LogP contribution in [0.4, 0.5) is 11.6 Å². The lowest BCUT2D eigenvalue weighted by Gasteiger charge is -2.35. The Hall–Kier alpha value is -2.13. The van der Waals surface area contributed by atoms with Gasteiger partial charge < -0.3 is 15.0 Å². The third-order valence-electron chi connectivity index (χ3n) is 5.31. The SMILES string of the molecule is Cc1cc(CNc2cc(C(C)(C)S(C)(=O)=O)cc(N3CCOC[C@H]3C)n2)[nH]n1. The maximum atomic E-state index is 12.4. The molecule has 1 saturated heterocycles. The van der Waals surface area contributed by atoms with Gasteiger partial charge in [0.2, 0.25) is 0 Å². The van der Waals surface area contributed by atoms with Gasteiger partial charge in [0, 0.05) is 12.8 Å². The molecule has 0 radical (unpaired) electrons. The minimum atomic E-state index is -3.31. The number of nitrogens with one attached hydrogen (secondary N) is 2. The second kappa shape index (κ2) is 7.71. The van der Waals surface area contributed by atoms with E-state index in [2.05, 4.69) is 27.3 Å². The number of ether oxygens (including phenoxy) is 1. The number of aromatic amines is 1. The van der Waals surface area contributed by atoms with E-state index in [4.69, 9.17) is 9.72 Å². The highest BCUT2D eigenvalue weighted by Crippen LogP contribution is 2.33. The number of H-pyrrole nitrogens is 1. The van der Waals surface area contributed by atoms with Gasteiger partial charge in [0.05, 0.1) is 41.9 Å². The molecule has 0 unspecified atom stereocenters. The Kier molecular flexibility index (Phi) is 5.67. The van der Waals surface area contributed by atoms with Crippen LogP contribution in [0.3, 0.4) is 0 Å². The van der Waals surface area contributed by atoms with Gasteiger partial charge in [0.25, 0.3) is 0 Å². The maximum absolute atomic E-state index is 12.4. The number of aryl methyl sites for hydroxylation is 1. The molecular formula is C19H29N5O3S. The highest BCUT2D eigenvalue weighted by Gasteiger charge is 2.34. The number of pyridine rings is 1. The van der Waals surface area contributed by atoms with E-state index in [0.29, 0.717) is 31.1 Å². The first-order valence-corrected chi connectivity index (χ1v) is 11.3. The van der Waals surface area contributed by atoms with E-state index in [-0.39, 0.29) is 6.04 Å². The summed E-state index contributed by atoms with van der Waals surface area (Å²) < 4.78 is 29.3. The van der Waals surface area contributed by atoms with Gasteiger partial charge in [-0.2, -0.15) is 5.10 Å². The number of aromatic nitrogens is 3. The number of sulfone groups is 1. The van der Waals surface area contributed by atoms with Crippen molar-refractivity contribution in [2.24, 2.45) is 0 Å². The van der Waals surface area contributed by atoms with Crippen LogP contribution < -0.4 is 10.2 Å². The Morgan fingerprint density at radius 2 is 2.11 bits per heavy atom. The van der Waals surface area contributed by atoms with Gasteiger partial charge in [-0.1, -0.05) is 0 Å². The molecule has 3 heterocycles. The summed E-state index contributed by atoms with van der Waals surface area (Å²) in [7, 11) is -3.31. The second-order valence-corrected chi connectivity index (χ2v) is 10.5. The summed E-state index contributed by atoms with van der Waals surface area (Å²) in [6.45, 7) is 9.95. The van der Waals surface area contributed by atoms with E-state index in [9.17, 15) is 8.42 Å². The minimum Gasteiger partial charge on any atom is -0.377 e. The molecule has 0 amide bonds. The normalized spacial score (nSPS) is 18.3. The molecule has 0 saturated carbocycles. The summed E-state index contributed by atoms with van der Waals surface area (Å²) in [4.78, 5) is 6.92. The summed E-state index contributed by atoms with van der Waals surface area (Å²) in [6.07, 6.45) is 1.27. The minimum absolute atomic E-state index is 0.168. The lowest BCUT2D eigenvalue weighted by Crippen LogP contribution is -2.44. The van der Waals surface area contributed by atoms with Crippen molar-refractivity contribution in [2.75, 3.05) is 36.2 Å². The van der Waals surface area contributed by atoms with Gasteiger partial charge in [-0.3, -0.25) is 5.10 Å². The molecule has 0 bridgehead atoms. The van der Waals surface area contributed by atoms with Crippen molar-refractivity contribution in [3.8, 4) is 0 Å². The summed E-state index contributed by atoms with van der Waals surface area (Å²) in [5.74, 6) is 1.39. The molecule has 1 aliphatic rings. The van der Waals surface area contributed by atoms with Gasteiger partial charge in [-0.05, 0) is 51.5 Å². The lowest BCUT2D eigenvalue weighted by atomic mass is 10.0. The summed E-state index contributed by atoms with van der Waals surface area (Å²) in [5, 5.41) is 10.4. The molecule has 2 aromatic rings. The van der Waals surface area contributed by atoms with E-state index in [1.54, 1.807) is 13.8 Å². The molecule has 1 aliphatic heterocycles. The average Bonchev–Trinajstić information content (AvgIpc) is 3.04. The Bertz CT molecular complexity index is 939. The molecular weight excluding hydrogens is 378 g/mol. The highest BCUT2D eigenvalue weighted by molar-refractivity contribution is 7.91. The molecule has 1 fully saturated rings. The van der Waals surface area contributed by atoms with Crippen molar-refractivity contribution in [2.45, 2.75) is 45.0 Å². The fourth-order valence-electron chi connectivity index (χ4n) is 3.14. The largest absolute Gasteiger partial charge is 0.377 e. The molecule has 154 valence electrons. The van der Waals surface area contributed by atoms with Gasteiger partial charge in [-0.15, -0.1) is 0 Å². The average molecular weight is 408 g/mol. The zero-order chi connectivity index (χ0) is 20.5. The van der Waals surface area contributed by atoms with E-state index < -0.39 is 14.6 Å². The standard InChI is InChI=1S/C19H29N5O3S/c1-13-8-16(23-22-13)11-20-17-9-15(19(3,4)28(5,25)26)10-18(21-17)24-6-7-27-12-14(24)2/h8-10,14H,6-7,11-12H2,1-5H3,(H,20,21)(H,22,23)/t14-/m1/s1. The quantitative estimate of drug-likeness (QED) is 0.757. The van der Waals surface area contributed by atoms with Crippen molar-refractivity contribution in [1.82, 2.24) is 15.2 Å². The molecule has 28 heavy (non-hydrogen) atoms. The number of hydrogen-bond acceptors (Lipinski definition) is 7. The monoisotopic (exact) mass is 407 g/mol. The molecule has 9 heteroatoms. The lowest BCUT2D eigenvalue weighted by molar-refractivity contribution is 0.0985. The maximum Gasteiger partial charge on any atom is 0.156 e. The van der Waals surface area contributed by atoms with Gasteiger partial charge >= 0.3 is 0 Å². The number of morpholine rings is 1.